The lowest BCUT2D eigenvalue weighted by atomic mass is 10.1. The molecule has 0 bridgehead atoms. The zero-order valence-electron chi connectivity index (χ0n) is 13.4. The Morgan fingerprint density at radius 3 is 3.00 bits per heavy atom. The molecule has 0 aromatic carbocycles. The van der Waals surface area contributed by atoms with Crippen LogP contribution in [-0.4, -0.2) is 26.2 Å². The van der Waals surface area contributed by atoms with Crippen molar-refractivity contribution in [3.05, 3.63) is 27.7 Å². The molecule has 24 heavy (non-hydrogen) atoms. The summed E-state index contributed by atoms with van der Waals surface area (Å²) in [5.41, 5.74) is 0.922. The summed E-state index contributed by atoms with van der Waals surface area (Å²) < 4.78 is 5.18. The SMILES string of the molecule is CC(C)Cc1nnc(NC(=O)CCc2nc(-c3ccsc3)no2)s1. The van der Waals surface area contributed by atoms with Crippen LogP contribution in [0.2, 0.25) is 0 Å². The summed E-state index contributed by atoms with van der Waals surface area (Å²) in [6, 6.07) is 1.93. The number of hydrogen-bond acceptors (Lipinski definition) is 8. The van der Waals surface area contributed by atoms with Crippen LogP contribution < -0.4 is 5.32 Å². The summed E-state index contributed by atoms with van der Waals surface area (Å²) in [7, 11) is 0. The van der Waals surface area contributed by atoms with Crippen molar-refractivity contribution < 1.29 is 9.32 Å². The molecule has 7 nitrogen and oxygen atoms in total. The molecule has 1 amide bonds. The number of carbonyl (C=O) groups excluding carboxylic acids is 1. The molecule has 0 saturated heterocycles. The Kier molecular flexibility index (Phi) is 5.31. The van der Waals surface area contributed by atoms with E-state index in [1.807, 2.05) is 16.8 Å². The number of aromatic nitrogens is 4. The number of carbonyl (C=O) groups is 1. The van der Waals surface area contributed by atoms with Crippen LogP contribution in [0.5, 0.6) is 0 Å². The summed E-state index contributed by atoms with van der Waals surface area (Å²) in [6.07, 6.45) is 1.51. The zero-order valence-corrected chi connectivity index (χ0v) is 15.0. The monoisotopic (exact) mass is 363 g/mol. The van der Waals surface area contributed by atoms with Crippen molar-refractivity contribution in [2.24, 2.45) is 5.92 Å². The third-order valence-electron chi connectivity index (χ3n) is 3.11. The van der Waals surface area contributed by atoms with Crippen LogP contribution >= 0.6 is 22.7 Å². The van der Waals surface area contributed by atoms with E-state index >= 15 is 0 Å². The molecule has 0 aliphatic carbocycles. The van der Waals surface area contributed by atoms with Gasteiger partial charge >= 0.3 is 0 Å². The van der Waals surface area contributed by atoms with Crippen LogP contribution in [0.15, 0.2) is 21.3 Å². The minimum absolute atomic E-state index is 0.141. The van der Waals surface area contributed by atoms with Crippen LogP contribution in [0.1, 0.15) is 31.2 Å². The molecule has 0 radical (unpaired) electrons. The van der Waals surface area contributed by atoms with E-state index in [1.54, 1.807) is 11.3 Å². The molecule has 0 saturated carbocycles. The molecule has 3 aromatic heterocycles. The summed E-state index contributed by atoms with van der Waals surface area (Å²) in [5.74, 6) is 1.37. The van der Waals surface area contributed by atoms with E-state index in [0.717, 1.165) is 17.0 Å². The Bertz CT molecular complexity index is 795. The van der Waals surface area contributed by atoms with Gasteiger partial charge in [0.15, 0.2) is 0 Å². The third-order valence-corrected chi connectivity index (χ3v) is 4.65. The van der Waals surface area contributed by atoms with E-state index in [1.165, 1.54) is 11.3 Å². The maximum Gasteiger partial charge on any atom is 0.227 e. The lowest BCUT2D eigenvalue weighted by molar-refractivity contribution is -0.116. The van der Waals surface area contributed by atoms with Gasteiger partial charge in [-0.25, -0.2) is 0 Å². The zero-order chi connectivity index (χ0) is 16.9. The Morgan fingerprint density at radius 1 is 1.38 bits per heavy atom. The van der Waals surface area contributed by atoms with Crippen molar-refractivity contribution >= 4 is 33.7 Å². The van der Waals surface area contributed by atoms with Gasteiger partial charge in [-0.05, 0) is 17.4 Å². The van der Waals surface area contributed by atoms with Gasteiger partial charge in [0.1, 0.15) is 5.01 Å². The Morgan fingerprint density at radius 2 is 2.25 bits per heavy atom. The number of nitrogens with zero attached hydrogens (tertiary/aromatic N) is 4. The number of rotatable bonds is 7. The quantitative estimate of drug-likeness (QED) is 0.691. The topological polar surface area (TPSA) is 93.8 Å². The van der Waals surface area contributed by atoms with Crippen LogP contribution in [0.25, 0.3) is 11.4 Å². The van der Waals surface area contributed by atoms with Gasteiger partial charge in [-0.1, -0.05) is 30.3 Å². The first kappa shape index (κ1) is 16.7. The van der Waals surface area contributed by atoms with Crippen LogP contribution in [0, 0.1) is 5.92 Å². The predicted molar refractivity (Wildman–Crippen MR) is 93.0 cm³/mol. The van der Waals surface area contributed by atoms with E-state index in [9.17, 15) is 4.79 Å². The molecule has 3 rings (SSSR count). The minimum atomic E-state index is -0.141. The van der Waals surface area contributed by atoms with Gasteiger partial charge in [-0.2, -0.15) is 16.3 Å². The Hall–Kier alpha value is -2.13. The highest BCUT2D eigenvalue weighted by atomic mass is 32.1. The second-order valence-electron chi connectivity index (χ2n) is 5.67. The highest BCUT2D eigenvalue weighted by molar-refractivity contribution is 7.15. The van der Waals surface area contributed by atoms with Gasteiger partial charge < -0.3 is 9.84 Å². The average molecular weight is 363 g/mol. The standard InChI is InChI=1S/C15H17N5O2S2/c1-9(2)7-13-18-19-15(24-13)16-11(21)3-4-12-17-14(20-22-12)10-5-6-23-8-10/h5-6,8-9H,3-4,7H2,1-2H3,(H,16,19,21). The number of hydrogen-bond donors (Lipinski definition) is 1. The molecule has 3 heterocycles. The fraction of sp³-hybridized carbons (Fsp3) is 0.400. The lowest BCUT2D eigenvalue weighted by Gasteiger charge is -1.99. The molecular weight excluding hydrogens is 346 g/mol. The highest BCUT2D eigenvalue weighted by Crippen LogP contribution is 2.20. The number of anilines is 1. The molecule has 0 unspecified atom stereocenters. The second-order valence-corrected chi connectivity index (χ2v) is 7.51. The summed E-state index contributed by atoms with van der Waals surface area (Å²) in [6.45, 7) is 4.24. The summed E-state index contributed by atoms with van der Waals surface area (Å²) >= 11 is 2.98. The molecule has 1 N–H and O–H groups in total. The van der Waals surface area contributed by atoms with Crippen molar-refractivity contribution in [2.75, 3.05) is 5.32 Å². The van der Waals surface area contributed by atoms with Crippen LogP contribution in [-0.2, 0) is 17.6 Å². The molecule has 3 aromatic rings. The van der Waals surface area contributed by atoms with Gasteiger partial charge in [-0.3, -0.25) is 4.79 Å². The largest absolute Gasteiger partial charge is 0.339 e. The fourth-order valence-corrected chi connectivity index (χ4v) is 3.61. The van der Waals surface area contributed by atoms with Crippen LogP contribution in [0.3, 0.4) is 0 Å². The van der Waals surface area contributed by atoms with Crippen molar-refractivity contribution in [2.45, 2.75) is 33.1 Å². The van der Waals surface area contributed by atoms with Crippen molar-refractivity contribution in [3.63, 3.8) is 0 Å². The number of nitrogens with one attached hydrogen (secondary N) is 1. The minimum Gasteiger partial charge on any atom is -0.339 e. The smallest absolute Gasteiger partial charge is 0.227 e. The normalized spacial score (nSPS) is 11.1. The fourth-order valence-electron chi connectivity index (χ4n) is 2.00. The summed E-state index contributed by atoms with van der Waals surface area (Å²) in [5, 5.41) is 20.1. The maximum absolute atomic E-state index is 12.0. The Labute approximate surface area is 147 Å². The number of thiophene rings is 1. The van der Waals surface area contributed by atoms with Gasteiger partial charge in [-0.15, -0.1) is 10.2 Å². The van der Waals surface area contributed by atoms with Gasteiger partial charge in [0.05, 0.1) is 0 Å². The average Bonchev–Trinajstić information content (AvgIpc) is 3.26. The van der Waals surface area contributed by atoms with Crippen molar-refractivity contribution in [1.29, 1.82) is 0 Å². The van der Waals surface area contributed by atoms with Crippen LogP contribution in [0.4, 0.5) is 5.13 Å². The Balaban J connectivity index is 1.50. The summed E-state index contributed by atoms with van der Waals surface area (Å²) in [4.78, 5) is 16.3. The second kappa shape index (κ2) is 7.63. The van der Waals surface area contributed by atoms with Gasteiger partial charge in [0.25, 0.3) is 0 Å². The lowest BCUT2D eigenvalue weighted by Crippen LogP contribution is -2.12. The first-order chi connectivity index (χ1) is 11.6. The third kappa shape index (κ3) is 4.45. The van der Waals surface area contributed by atoms with E-state index in [4.69, 9.17) is 4.52 Å². The molecule has 0 aliphatic rings. The molecular formula is C15H17N5O2S2. The molecule has 0 atom stereocenters. The van der Waals surface area contributed by atoms with E-state index < -0.39 is 0 Å². The van der Waals surface area contributed by atoms with E-state index in [-0.39, 0.29) is 12.3 Å². The predicted octanol–water partition coefficient (Wildman–Crippen LogP) is 3.42. The van der Waals surface area contributed by atoms with E-state index in [2.05, 4.69) is 39.5 Å². The number of amides is 1. The maximum atomic E-state index is 12.0. The molecule has 9 heteroatoms. The van der Waals surface area contributed by atoms with E-state index in [0.29, 0.717) is 29.2 Å². The molecule has 0 spiro atoms. The molecule has 0 aliphatic heterocycles. The molecule has 126 valence electrons. The molecule has 0 fully saturated rings. The van der Waals surface area contributed by atoms with Crippen molar-refractivity contribution in [1.82, 2.24) is 20.3 Å². The first-order valence-corrected chi connectivity index (χ1v) is 9.33. The van der Waals surface area contributed by atoms with Gasteiger partial charge in [0.2, 0.25) is 22.8 Å². The first-order valence-electron chi connectivity index (χ1n) is 7.57. The van der Waals surface area contributed by atoms with Crippen molar-refractivity contribution in [3.8, 4) is 11.4 Å². The number of aryl methyl sites for hydroxylation is 1. The highest BCUT2D eigenvalue weighted by Gasteiger charge is 2.13. The van der Waals surface area contributed by atoms with Gasteiger partial charge in [0, 0.05) is 30.2 Å².